The van der Waals surface area contributed by atoms with E-state index in [0.717, 1.165) is 12.3 Å². The second-order valence-corrected chi connectivity index (χ2v) is 5.52. The first-order valence-electron chi connectivity index (χ1n) is 6.42. The third-order valence-electron chi connectivity index (χ3n) is 3.61. The number of nitriles is 1. The van der Waals surface area contributed by atoms with Crippen LogP contribution in [-0.4, -0.2) is 29.6 Å². The average molecular weight is 223 g/mol. The molecule has 0 radical (unpaired) electrons. The summed E-state index contributed by atoms with van der Waals surface area (Å²) in [4.78, 5) is 2.49. The molecule has 2 N–H and O–H groups in total. The predicted octanol–water partition coefficient (Wildman–Crippen LogP) is 2.13. The fourth-order valence-electron chi connectivity index (χ4n) is 2.70. The Balaban J connectivity index is 2.39. The van der Waals surface area contributed by atoms with Crippen molar-refractivity contribution in [2.24, 2.45) is 11.7 Å². The number of rotatable bonds is 5. The van der Waals surface area contributed by atoms with E-state index in [1.807, 2.05) is 6.92 Å². The van der Waals surface area contributed by atoms with Gasteiger partial charge in [-0.1, -0.05) is 13.3 Å². The Morgan fingerprint density at radius 1 is 1.62 bits per heavy atom. The van der Waals surface area contributed by atoms with Gasteiger partial charge in [0.05, 0.1) is 6.07 Å². The predicted molar refractivity (Wildman–Crippen MR) is 66.9 cm³/mol. The van der Waals surface area contributed by atoms with E-state index < -0.39 is 5.54 Å². The lowest BCUT2D eigenvalue weighted by Gasteiger charge is -2.28. The molecule has 3 unspecified atom stereocenters. The van der Waals surface area contributed by atoms with Crippen LogP contribution >= 0.6 is 0 Å². The highest BCUT2D eigenvalue weighted by Gasteiger charge is 2.29. The van der Waals surface area contributed by atoms with Crippen LogP contribution in [0.5, 0.6) is 0 Å². The first kappa shape index (κ1) is 13.5. The quantitative estimate of drug-likeness (QED) is 0.777. The zero-order valence-electron chi connectivity index (χ0n) is 10.9. The van der Waals surface area contributed by atoms with E-state index >= 15 is 0 Å². The standard InChI is InChI=1S/C13H25N3/c1-4-5-12-6-7-16(9-12)11(2)8-13(3,15)10-14/h11-12H,4-9,15H2,1-3H3. The topological polar surface area (TPSA) is 53.0 Å². The molecule has 92 valence electrons. The normalized spacial score (nSPS) is 27.3. The lowest BCUT2D eigenvalue weighted by molar-refractivity contribution is 0.217. The summed E-state index contributed by atoms with van der Waals surface area (Å²) in [5.74, 6) is 0.860. The largest absolute Gasteiger partial charge is 0.314 e. The van der Waals surface area contributed by atoms with E-state index in [1.165, 1.54) is 32.4 Å². The van der Waals surface area contributed by atoms with Crippen LogP contribution in [0.15, 0.2) is 0 Å². The molecule has 0 spiro atoms. The van der Waals surface area contributed by atoms with Crippen LogP contribution in [0.4, 0.5) is 0 Å². The van der Waals surface area contributed by atoms with Gasteiger partial charge in [-0.25, -0.2) is 0 Å². The highest BCUT2D eigenvalue weighted by atomic mass is 15.2. The number of hydrogen-bond acceptors (Lipinski definition) is 3. The van der Waals surface area contributed by atoms with Gasteiger partial charge < -0.3 is 10.6 Å². The SMILES string of the molecule is CCCC1CCN(C(C)CC(C)(N)C#N)C1. The summed E-state index contributed by atoms with van der Waals surface area (Å²) >= 11 is 0. The maximum absolute atomic E-state index is 8.93. The van der Waals surface area contributed by atoms with Crippen molar-refractivity contribution < 1.29 is 0 Å². The molecule has 0 saturated carbocycles. The van der Waals surface area contributed by atoms with E-state index in [4.69, 9.17) is 11.0 Å². The first-order valence-corrected chi connectivity index (χ1v) is 6.42. The summed E-state index contributed by atoms with van der Waals surface area (Å²) in [6, 6.07) is 2.61. The molecule has 3 atom stereocenters. The second-order valence-electron chi connectivity index (χ2n) is 5.52. The molecule has 0 aromatic heterocycles. The Morgan fingerprint density at radius 3 is 2.88 bits per heavy atom. The van der Waals surface area contributed by atoms with Crippen molar-refractivity contribution in [3.05, 3.63) is 0 Å². The van der Waals surface area contributed by atoms with E-state index in [1.54, 1.807) is 0 Å². The Bertz CT molecular complexity index is 254. The van der Waals surface area contributed by atoms with Crippen molar-refractivity contribution in [3.8, 4) is 6.07 Å². The molecule has 1 rings (SSSR count). The molecular weight excluding hydrogens is 198 g/mol. The van der Waals surface area contributed by atoms with E-state index in [2.05, 4.69) is 24.8 Å². The first-order chi connectivity index (χ1) is 7.48. The minimum Gasteiger partial charge on any atom is -0.314 e. The minimum absolute atomic E-state index is 0.427. The van der Waals surface area contributed by atoms with Crippen LogP contribution in [0.25, 0.3) is 0 Å². The number of nitrogens with two attached hydrogens (primary N) is 1. The van der Waals surface area contributed by atoms with Gasteiger partial charge in [-0.2, -0.15) is 5.26 Å². The maximum atomic E-state index is 8.93. The van der Waals surface area contributed by atoms with Crippen molar-refractivity contribution in [1.29, 1.82) is 5.26 Å². The van der Waals surface area contributed by atoms with Gasteiger partial charge >= 0.3 is 0 Å². The highest BCUT2D eigenvalue weighted by molar-refractivity contribution is 5.03. The molecule has 0 aliphatic carbocycles. The molecule has 0 aromatic rings. The van der Waals surface area contributed by atoms with Crippen LogP contribution in [0.2, 0.25) is 0 Å². The zero-order valence-corrected chi connectivity index (χ0v) is 10.9. The summed E-state index contributed by atoms with van der Waals surface area (Å²) < 4.78 is 0. The van der Waals surface area contributed by atoms with E-state index in [0.29, 0.717) is 6.04 Å². The number of hydrogen-bond donors (Lipinski definition) is 1. The summed E-state index contributed by atoms with van der Waals surface area (Å²) in [7, 11) is 0. The Kier molecular flexibility index (Phi) is 4.76. The van der Waals surface area contributed by atoms with E-state index in [9.17, 15) is 0 Å². The summed E-state index contributed by atoms with van der Waals surface area (Å²) in [6.45, 7) is 8.63. The molecule has 1 saturated heterocycles. The fraction of sp³-hybridized carbons (Fsp3) is 0.923. The lowest BCUT2D eigenvalue weighted by Crippen LogP contribution is -2.43. The molecule has 0 aromatic carbocycles. The van der Waals surface area contributed by atoms with Crippen molar-refractivity contribution in [2.75, 3.05) is 13.1 Å². The molecule has 1 aliphatic rings. The molecule has 0 bridgehead atoms. The summed E-state index contributed by atoms with van der Waals surface area (Å²) in [5.41, 5.74) is 5.21. The molecule has 1 aliphatic heterocycles. The molecule has 16 heavy (non-hydrogen) atoms. The van der Waals surface area contributed by atoms with Crippen LogP contribution < -0.4 is 5.73 Å². The smallest absolute Gasteiger partial charge is 0.102 e. The van der Waals surface area contributed by atoms with Crippen molar-refractivity contribution in [1.82, 2.24) is 4.90 Å². The fourth-order valence-corrected chi connectivity index (χ4v) is 2.70. The van der Waals surface area contributed by atoms with Crippen LogP contribution in [0.3, 0.4) is 0 Å². The third-order valence-corrected chi connectivity index (χ3v) is 3.61. The lowest BCUT2D eigenvalue weighted by atomic mass is 9.96. The van der Waals surface area contributed by atoms with Crippen LogP contribution in [0, 0.1) is 17.2 Å². The minimum atomic E-state index is -0.678. The molecule has 0 amide bonds. The van der Waals surface area contributed by atoms with Crippen LogP contribution in [-0.2, 0) is 0 Å². The molecule has 3 nitrogen and oxygen atoms in total. The molecule has 1 fully saturated rings. The van der Waals surface area contributed by atoms with Gasteiger partial charge in [-0.05, 0) is 45.6 Å². The average Bonchev–Trinajstić information content (AvgIpc) is 2.66. The van der Waals surface area contributed by atoms with Crippen molar-refractivity contribution in [3.63, 3.8) is 0 Å². The Hall–Kier alpha value is -0.590. The number of nitrogens with zero attached hydrogens (tertiary/aromatic N) is 2. The maximum Gasteiger partial charge on any atom is 0.102 e. The van der Waals surface area contributed by atoms with Gasteiger partial charge in [0.15, 0.2) is 0 Å². The Morgan fingerprint density at radius 2 is 2.31 bits per heavy atom. The monoisotopic (exact) mass is 223 g/mol. The molecule has 1 heterocycles. The van der Waals surface area contributed by atoms with Gasteiger partial charge in [-0.15, -0.1) is 0 Å². The van der Waals surface area contributed by atoms with Crippen molar-refractivity contribution in [2.45, 2.75) is 58.0 Å². The van der Waals surface area contributed by atoms with Gasteiger partial charge in [0.25, 0.3) is 0 Å². The second kappa shape index (κ2) is 5.65. The molecular formula is C13H25N3. The zero-order chi connectivity index (χ0) is 12.2. The highest BCUT2D eigenvalue weighted by Crippen LogP contribution is 2.25. The van der Waals surface area contributed by atoms with Crippen molar-refractivity contribution >= 4 is 0 Å². The van der Waals surface area contributed by atoms with Crippen LogP contribution in [0.1, 0.15) is 46.5 Å². The van der Waals surface area contributed by atoms with Gasteiger partial charge in [0.1, 0.15) is 5.54 Å². The van der Waals surface area contributed by atoms with E-state index in [-0.39, 0.29) is 0 Å². The third kappa shape index (κ3) is 3.77. The molecule has 3 heteroatoms. The van der Waals surface area contributed by atoms with Gasteiger partial charge in [-0.3, -0.25) is 0 Å². The summed E-state index contributed by atoms with van der Waals surface area (Å²) in [5, 5.41) is 8.93. The Labute approximate surface area is 99.6 Å². The van der Waals surface area contributed by atoms with Gasteiger partial charge in [0.2, 0.25) is 0 Å². The summed E-state index contributed by atoms with van der Waals surface area (Å²) in [6.07, 6.45) is 4.69. The van der Waals surface area contributed by atoms with Gasteiger partial charge in [0, 0.05) is 12.6 Å². The number of likely N-dealkylation sites (tertiary alicyclic amines) is 1.